The van der Waals surface area contributed by atoms with Crippen molar-refractivity contribution in [2.75, 3.05) is 6.54 Å². The maximum absolute atomic E-state index is 8.56. The normalized spacial score (nSPS) is 11.2. The van der Waals surface area contributed by atoms with E-state index < -0.39 is 0 Å². The van der Waals surface area contributed by atoms with Gasteiger partial charge in [-0.3, -0.25) is 0 Å². The summed E-state index contributed by atoms with van der Waals surface area (Å²) in [4.78, 5) is 2.97. The fourth-order valence-electron chi connectivity index (χ4n) is 2.45. The summed E-state index contributed by atoms with van der Waals surface area (Å²) in [5.74, 6) is 0. The molecule has 0 aromatic heterocycles. The summed E-state index contributed by atoms with van der Waals surface area (Å²) in [5.41, 5.74) is 8.85. The van der Waals surface area contributed by atoms with Gasteiger partial charge in [-0.05, 0) is 30.2 Å². The van der Waals surface area contributed by atoms with Crippen LogP contribution in [0.1, 0.15) is 78.6 Å². The molecule has 0 aliphatic heterocycles. The molecular formula is C14H29N3. The van der Waals surface area contributed by atoms with Crippen LogP contribution in [0.4, 0.5) is 0 Å². The molecule has 0 saturated heterocycles. The highest BCUT2D eigenvalue weighted by atomic mass is 15.1. The third-order valence-electron chi connectivity index (χ3n) is 3.65. The van der Waals surface area contributed by atoms with E-state index in [1.54, 1.807) is 0 Å². The van der Waals surface area contributed by atoms with E-state index in [2.05, 4.69) is 30.8 Å². The van der Waals surface area contributed by atoms with Gasteiger partial charge in [0.2, 0.25) is 0 Å². The van der Waals surface area contributed by atoms with Gasteiger partial charge in [-0.2, -0.15) is 0 Å². The highest BCUT2D eigenvalue weighted by Crippen LogP contribution is 2.37. The standard InChI is InChI=1S/C14H29N3/c1-4-7-10-14(11-8-5-2,12-9-6-3)13-16-17-15/h4-13H2,1-3H3. The summed E-state index contributed by atoms with van der Waals surface area (Å²) < 4.78 is 0. The Kier molecular flexibility index (Phi) is 10.0. The molecule has 0 rings (SSSR count). The van der Waals surface area contributed by atoms with Gasteiger partial charge >= 0.3 is 0 Å². The Morgan fingerprint density at radius 2 is 1.29 bits per heavy atom. The minimum Gasteiger partial charge on any atom is -0.0934 e. The highest BCUT2D eigenvalue weighted by molar-refractivity contribution is 4.82. The number of hydrogen-bond acceptors (Lipinski definition) is 1. The lowest BCUT2D eigenvalue weighted by atomic mass is 9.74. The lowest BCUT2D eigenvalue weighted by Gasteiger charge is -2.33. The predicted octanol–water partition coefficient (Wildman–Crippen LogP) is 5.85. The van der Waals surface area contributed by atoms with Crippen LogP contribution >= 0.6 is 0 Å². The lowest BCUT2D eigenvalue weighted by molar-refractivity contribution is 0.210. The molecule has 0 fully saturated rings. The number of azide groups is 1. The Balaban J connectivity index is 4.56. The van der Waals surface area contributed by atoms with Crippen LogP contribution in [-0.4, -0.2) is 6.54 Å². The van der Waals surface area contributed by atoms with Crippen molar-refractivity contribution in [2.24, 2.45) is 10.5 Å². The fraction of sp³-hybridized carbons (Fsp3) is 1.00. The van der Waals surface area contributed by atoms with Crippen LogP contribution in [0.3, 0.4) is 0 Å². The second kappa shape index (κ2) is 10.5. The first-order valence-corrected chi connectivity index (χ1v) is 7.25. The monoisotopic (exact) mass is 239 g/mol. The van der Waals surface area contributed by atoms with Gasteiger partial charge in [-0.15, -0.1) is 0 Å². The highest BCUT2D eigenvalue weighted by Gasteiger charge is 2.27. The molecule has 0 aromatic carbocycles. The Morgan fingerprint density at radius 1 is 0.882 bits per heavy atom. The van der Waals surface area contributed by atoms with Gasteiger partial charge in [0.25, 0.3) is 0 Å². The molecule has 0 aliphatic carbocycles. The molecule has 0 radical (unpaired) electrons. The molecule has 0 saturated carbocycles. The third kappa shape index (κ3) is 7.27. The molecule has 17 heavy (non-hydrogen) atoms. The average Bonchev–Trinajstić information content (AvgIpc) is 2.37. The molecule has 3 nitrogen and oxygen atoms in total. The Morgan fingerprint density at radius 3 is 1.59 bits per heavy atom. The molecule has 0 atom stereocenters. The summed E-state index contributed by atoms with van der Waals surface area (Å²) in [6, 6.07) is 0. The Labute approximate surface area is 107 Å². The van der Waals surface area contributed by atoms with Gasteiger partial charge in [-0.1, -0.05) is 64.4 Å². The molecule has 0 aromatic rings. The smallest absolute Gasteiger partial charge is 0.0314 e. The first-order chi connectivity index (χ1) is 8.24. The zero-order chi connectivity index (χ0) is 13.0. The molecule has 0 spiro atoms. The largest absolute Gasteiger partial charge is 0.0934 e. The third-order valence-corrected chi connectivity index (χ3v) is 3.65. The van der Waals surface area contributed by atoms with Gasteiger partial charge in [0.15, 0.2) is 0 Å². The summed E-state index contributed by atoms with van der Waals surface area (Å²) >= 11 is 0. The number of nitrogens with zero attached hydrogens (tertiary/aromatic N) is 3. The van der Waals surface area contributed by atoms with Crippen molar-refractivity contribution in [1.29, 1.82) is 0 Å². The average molecular weight is 239 g/mol. The molecule has 0 bridgehead atoms. The van der Waals surface area contributed by atoms with Crippen LogP contribution in [0, 0.1) is 5.41 Å². The van der Waals surface area contributed by atoms with E-state index in [1.165, 1.54) is 57.8 Å². The van der Waals surface area contributed by atoms with E-state index in [0.717, 1.165) is 0 Å². The summed E-state index contributed by atoms with van der Waals surface area (Å²) in [5, 5.41) is 3.88. The van der Waals surface area contributed by atoms with E-state index in [-0.39, 0.29) is 5.41 Å². The topological polar surface area (TPSA) is 48.8 Å². The maximum atomic E-state index is 8.56. The maximum Gasteiger partial charge on any atom is 0.0314 e. The number of unbranched alkanes of at least 4 members (excludes halogenated alkanes) is 3. The van der Waals surface area contributed by atoms with E-state index in [1.807, 2.05) is 0 Å². The van der Waals surface area contributed by atoms with Crippen molar-refractivity contribution in [3.05, 3.63) is 10.4 Å². The SMILES string of the molecule is CCCCC(CCCC)(CCCC)CN=[N+]=[N-]. The minimum absolute atomic E-state index is 0.286. The molecule has 0 aliphatic rings. The quantitative estimate of drug-likeness (QED) is 0.246. The van der Waals surface area contributed by atoms with Crippen LogP contribution in [-0.2, 0) is 0 Å². The van der Waals surface area contributed by atoms with Crippen LogP contribution in [0.15, 0.2) is 5.11 Å². The molecular weight excluding hydrogens is 210 g/mol. The van der Waals surface area contributed by atoms with Crippen molar-refractivity contribution in [1.82, 2.24) is 0 Å². The minimum atomic E-state index is 0.286. The van der Waals surface area contributed by atoms with E-state index in [4.69, 9.17) is 5.53 Å². The first kappa shape index (κ1) is 16.3. The summed E-state index contributed by atoms with van der Waals surface area (Å²) in [6.07, 6.45) is 11.1. The van der Waals surface area contributed by atoms with Crippen molar-refractivity contribution < 1.29 is 0 Å². The van der Waals surface area contributed by atoms with Crippen LogP contribution in [0.25, 0.3) is 10.4 Å². The molecule has 0 heterocycles. The fourth-order valence-corrected chi connectivity index (χ4v) is 2.45. The van der Waals surface area contributed by atoms with Gasteiger partial charge in [0.05, 0.1) is 0 Å². The van der Waals surface area contributed by atoms with Crippen LogP contribution in [0.5, 0.6) is 0 Å². The molecule has 0 N–H and O–H groups in total. The van der Waals surface area contributed by atoms with E-state index in [9.17, 15) is 0 Å². The molecule has 0 amide bonds. The molecule has 100 valence electrons. The van der Waals surface area contributed by atoms with Gasteiger partial charge in [0, 0.05) is 11.5 Å². The number of rotatable bonds is 11. The Bertz CT molecular complexity index is 198. The van der Waals surface area contributed by atoms with Crippen molar-refractivity contribution in [2.45, 2.75) is 78.6 Å². The predicted molar refractivity (Wildman–Crippen MR) is 75.0 cm³/mol. The van der Waals surface area contributed by atoms with Gasteiger partial charge < -0.3 is 0 Å². The Hall–Kier alpha value is -0.690. The van der Waals surface area contributed by atoms with E-state index >= 15 is 0 Å². The van der Waals surface area contributed by atoms with Crippen molar-refractivity contribution >= 4 is 0 Å². The number of hydrogen-bond donors (Lipinski definition) is 0. The second-order valence-corrected chi connectivity index (χ2v) is 5.20. The van der Waals surface area contributed by atoms with Gasteiger partial charge in [0.1, 0.15) is 0 Å². The van der Waals surface area contributed by atoms with Crippen LogP contribution < -0.4 is 0 Å². The summed E-state index contributed by atoms with van der Waals surface area (Å²) in [7, 11) is 0. The first-order valence-electron chi connectivity index (χ1n) is 7.25. The second-order valence-electron chi connectivity index (χ2n) is 5.20. The molecule has 3 heteroatoms. The van der Waals surface area contributed by atoms with Crippen molar-refractivity contribution in [3.8, 4) is 0 Å². The van der Waals surface area contributed by atoms with E-state index in [0.29, 0.717) is 6.54 Å². The lowest BCUT2D eigenvalue weighted by Crippen LogP contribution is -2.24. The van der Waals surface area contributed by atoms with Crippen molar-refractivity contribution in [3.63, 3.8) is 0 Å². The zero-order valence-corrected chi connectivity index (χ0v) is 11.9. The van der Waals surface area contributed by atoms with Crippen LogP contribution in [0.2, 0.25) is 0 Å². The molecule has 0 unspecified atom stereocenters. The van der Waals surface area contributed by atoms with Gasteiger partial charge in [-0.25, -0.2) is 0 Å². The zero-order valence-electron chi connectivity index (χ0n) is 11.9. The summed E-state index contributed by atoms with van der Waals surface area (Å²) in [6.45, 7) is 7.40.